The van der Waals surface area contributed by atoms with Crippen molar-refractivity contribution >= 4 is 34.2 Å². The van der Waals surface area contributed by atoms with Crippen molar-refractivity contribution < 1.29 is 20.4 Å². The Kier molecular flexibility index (Phi) is 7.36. The van der Waals surface area contributed by atoms with Gasteiger partial charge in [-0.2, -0.15) is 0 Å². The smallest absolute Gasteiger partial charge is 0.116 e. The fourth-order valence-electron chi connectivity index (χ4n) is 7.37. The lowest BCUT2D eigenvalue weighted by molar-refractivity contribution is 0.474. The van der Waals surface area contributed by atoms with Crippen molar-refractivity contribution in [3.05, 3.63) is 156 Å². The quantitative estimate of drug-likeness (QED) is 0.109. The molecule has 0 fully saturated rings. The first-order valence-electron chi connectivity index (χ1n) is 17.0. The molecule has 6 N–H and O–H groups in total. The van der Waals surface area contributed by atoms with E-state index in [0.29, 0.717) is 17.5 Å². The molecule has 7 aromatic rings. The number of nitrogens with zero attached hydrogens (tertiary/aromatic N) is 2. The third-order valence-corrected chi connectivity index (χ3v) is 9.55. The van der Waals surface area contributed by atoms with Crippen molar-refractivity contribution in [2.75, 3.05) is 0 Å². The molecule has 252 valence electrons. The van der Waals surface area contributed by atoms with Gasteiger partial charge in [0.2, 0.25) is 0 Å². The van der Waals surface area contributed by atoms with E-state index >= 15 is 0 Å². The number of hydrogen-bond acceptors (Lipinski definition) is 6. The van der Waals surface area contributed by atoms with Gasteiger partial charge in [0.15, 0.2) is 0 Å². The van der Waals surface area contributed by atoms with E-state index in [1.54, 1.807) is 66.7 Å². The van der Waals surface area contributed by atoms with Crippen LogP contribution in [0.3, 0.4) is 0 Å². The van der Waals surface area contributed by atoms with Crippen LogP contribution in [0.1, 0.15) is 34.3 Å². The summed E-state index contributed by atoms with van der Waals surface area (Å²) in [4.78, 5) is 17.5. The monoisotopic (exact) mass is 680 g/mol. The van der Waals surface area contributed by atoms with Gasteiger partial charge in [0.1, 0.15) is 23.0 Å². The summed E-state index contributed by atoms with van der Waals surface area (Å²) >= 11 is 0. The highest BCUT2D eigenvalue weighted by Gasteiger charge is 2.29. The average molecular weight is 681 g/mol. The van der Waals surface area contributed by atoms with Crippen LogP contribution in [-0.4, -0.2) is 40.4 Å². The Labute approximate surface area is 298 Å². The van der Waals surface area contributed by atoms with Crippen LogP contribution >= 0.6 is 0 Å². The molecule has 0 aliphatic carbocycles. The number of rotatable bonds is 4. The number of phenolic OH excluding ortho intramolecular Hbond substituents is 4. The predicted octanol–water partition coefficient (Wildman–Crippen LogP) is 9.68. The Bertz CT molecular complexity index is 2740. The summed E-state index contributed by atoms with van der Waals surface area (Å²) in [5.74, 6) is 0.174. The van der Waals surface area contributed by atoms with Crippen LogP contribution in [0.25, 0.3) is 67.6 Å². The summed E-state index contributed by atoms with van der Waals surface area (Å²) in [7, 11) is 0. The van der Waals surface area contributed by atoms with Gasteiger partial charge in [-0.05, 0) is 113 Å². The number of phenols is 4. The molecule has 1 atom stereocenters. The first kappa shape index (κ1) is 31.0. The molecule has 0 radical (unpaired) electrons. The lowest BCUT2D eigenvalue weighted by Crippen LogP contribution is -2.01. The summed E-state index contributed by atoms with van der Waals surface area (Å²) in [6, 6.07) is 38.6. The van der Waals surface area contributed by atoms with Crippen LogP contribution in [0.5, 0.6) is 23.0 Å². The van der Waals surface area contributed by atoms with Gasteiger partial charge >= 0.3 is 0 Å². The minimum atomic E-state index is -0.275. The Hall–Kier alpha value is -7.06. The minimum Gasteiger partial charge on any atom is -0.508 e. The van der Waals surface area contributed by atoms with Crippen LogP contribution < -0.4 is 0 Å². The second kappa shape index (κ2) is 12.4. The second-order valence-corrected chi connectivity index (χ2v) is 13.1. The maximum atomic E-state index is 10.9. The fourth-order valence-corrected chi connectivity index (χ4v) is 7.37. The maximum Gasteiger partial charge on any atom is 0.116 e. The molecular weight excluding hydrogens is 649 g/mol. The number of benzene rings is 4. The zero-order valence-electron chi connectivity index (χ0n) is 27.7. The van der Waals surface area contributed by atoms with E-state index in [4.69, 9.17) is 9.97 Å². The molecule has 3 aromatic heterocycles. The zero-order valence-corrected chi connectivity index (χ0v) is 27.7. The minimum absolute atomic E-state index is 0.0922. The standard InChI is InChI=1S/C44H32N4O4/c49-34-9-1-5-25(17-34)38-23-33-22-31-14-13-29(45-31)21-30-15-16-32(46-30)24-39-40(26-6-2-10-35(50)18-26)41(27-7-3-11-36(51)19-27)44(48-39)42(43(38)47-33)28-8-4-12-37(52)20-28/h1-22,24,38,45,48-52H,23H2. The van der Waals surface area contributed by atoms with Gasteiger partial charge < -0.3 is 30.4 Å². The summed E-state index contributed by atoms with van der Waals surface area (Å²) in [6.45, 7) is 0. The van der Waals surface area contributed by atoms with Crippen molar-refractivity contribution in [3.63, 3.8) is 0 Å². The van der Waals surface area contributed by atoms with E-state index in [2.05, 4.69) is 9.97 Å². The van der Waals surface area contributed by atoms with Crippen molar-refractivity contribution in [3.8, 4) is 56.4 Å². The third-order valence-electron chi connectivity index (χ3n) is 9.55. The largest absolute Gasteiger partial charge is 0.508 e. The number of aromatic hydroxyl groups is 4. The molecule has 4 aromatic carbocycles. The Balaban J connectivity index is 1.54. The molecule has 0 saturated heterocycles. The predicted molar refractivity (Wildman–Crippen MR) is 205 cm³/mol. The molecule has 0 amide bonds. The van der Waals surface area contributed by atoms with Gasteiger partial charge in [-0.15, -0.1) is 0 Å². The molecule has 8 nitrogen and oxygen atoms in total. The summed E-state index contributed by atoms with van der Waals surface area (Å²) in [5, 5.41) is 43.1. The number of aromatic nitrogens is 4. The number of H-pyrrole nitrogens is 2. The SMILES string of the molecule is Oc1cccc(-c2c(-c3cccc(O)c3)c3[nH]c2cc2nc(cc4ccc(cc5nc(c3-c3cccc(O)c3)C(c3cccc(O)c3)C5)[nH]4)C=C2)c1. The van der Waals surface area contributed by atoms with Gasteiger partial charge in [-0.3, -0.25) is 4.98 Å². The molecule has 8 bridgehead atoms. The fraction of sp³-hybridized carbons (Fsp3) is 0.0455. The molecule has 9 rings (SSSR count). The van der Waals surface area contributed by atoms with E-state index in [9.17, 15) is 20.4 Å². The normalized spacial score (nSPS) is 13.7. The van der Waals surface area contributed by atoms with Crippen LogP contribution in [0.15, 0.2) is 127 Å². The van der Waals surface area contributed by atoms with Crippen molar-refractivity contribution in [2.45, 2.75) is 12.3 Å². The van der Waals surface area contributed by atoms with Crippen LogP contribution in [0, 0.1) is 0 Å². The Morgan fingerprint density at radius 3 is 1.69 bits per heavy atom. The first-order valence-corrected chi connectivity index (χ1v) is 17.0. The van der Waals surface area contributed by atoms with Crippen LogP contribution in [-0.2, 0) is 6.42 Å². The molecular formula is C44H32N4O4. The van der Waals surface area contributed by atoms with E-state index in [-0.39, 0.29) is 28.9 Å². The molecule has 0 saturated carbocycles. The van der Waals surface area contributed by atoms with E-state index < -0.39 is 0 Å². The number of fused-ring (bicyclic) bond motifs is 8. The number of hydrogen-bond donors (Lipinski definition) is 6. The molecule has 8 heteroatoms. The zero-order chi connectivity index (χ0) is 35.3. The molecule has 2 aliphatic rings. The van der Waals surface area contributed by atoms with Crippen LogP contribution in [0.4, 0.5) is 0 Å². The van der Waals surface area contributed by atoms with Gasteiger partial charge in [-0.1, -0.05) is 48.5 Å². The lowest BCUT2D eigenvalue weighted by Gasteiger charge is -2.16. The number of aromatic amines is 2. The van der Waals surface area contributed by atoms with Crippen molar-refractivity contribution in [1.29, 1.82) is 0 Å². The van der Waals surface area contributed by atoms with Gasteiger partial charge in [-0.25, -0.2) is 4.98 Å². The van der Waals surface area contributed by atoms with E-state index in [1.165, 1.54) is 0 Å². The topological polar surface area (TPSA) is 138 Å². The highest BCUT2D eigenvalue weighted by Crippen LogP contribution is 2.47. The van der Waals surface area contributed by atoms with Gasteiger partial charge in [0.05, 0.1) is 22.6 Å². The average Bonchev–Trinajstić information content (AvgIpc) is 3.93. The summed E-state index contributed by atoms with van der Waals surface area (Å²) in [6.07, 6.45) is 4.47. The van der Waals surface area contributed by atoms with Crippen LogP contribution in [0.2, 0.25) is 0 Å². The summed E-state index contributed by atoms with van der Waals surface area (Å²) < 4.78 is 0. The van der Waals surface area contributed by atoms with E-state index in [1.807, 2.05) is 72.8 Å². The highest BCUT2D eigenvalue weighted by molar-refractivity contribution is 6.08. The first-order chi connectivity index (χ1) is 25.3. The van der Waals surface area contributed by atoms with Crippen molar-refractivity contribution in [1.82, 2.24) is 19.9 Å². The van der Waals surface area contributed by atoms with E-state index in [0.717, 1.165) is 72.7 Å². The lowest BCUT2D eigenvalue weighted by atomic mass is 9.87. The Morgan fingerprint density at radius 2 is 1.06 bits per heavy atom. The third kappa shape index (κ3) is 5.72. The van der Waals surface area contributed by atoms with Gasteiger partial charge in [0.25, 0.3) is 0 Å². The summed E-state index contributed by atoms with van der Waals surface area (Å²) in [5.41, 5.74) is 11.6. The van der Waals surface area contributed by atoms with Crippen molar-refractivity contribution in [2.24, 2.45) is 0 Å². The molecule has 2 aliphatic heterocycles. The second-order valence-electron chi connectivity index (χ2n) is 13.1. The molecule has 5 heterocycles. The van der Waals surface area contributed by atoms with Gasteiger partial charge in [0, 0.05) is 51.3 Å². The number of nitrogens with one attached hydrogen (secondary N) is 2. The Morgan fingerprint density at radius 1 is 0.500 bits per heavy atom. The maximum absolute atomic E-state index is 10.9. The highest BCUT2D eigenvalue weighted by atomic mass is 16.3. The molecule has 52 heavy (non-hydrogen) atoms. The molecule has 0 spiro atoms. The molecule has 1 unspecified atom stereocenters.